The first kappa shape index (κ1) is 38.2. The first-order chi connectivity index (χ1) is 24.4. The maximum atomic E-state index is 14.9. The molecule has 3 amide bonds. The fourth-order valence-electron chi connectivity index (χ4n) is 8.15. The van der Waals surface area contributed by atoms with Gasteiger partial charge in [-0.2, -0.15) is 0 Å². The molecule has 274 valence electrons. The zero-order valence-electron chi connectivity index (χ0n) is 29.9. The number of aliphatic hydroxyl groups is 1. The Kier molecular flexibility index (Phi) is 12.1. The summed E-state index contributed by atoms with van der Waals surface area (Å²) in [6.45, 7) is 13.1. The van der Waals surface area contributed by atoms with Gasteiger partial charge in [0.25, 0.3) is 5.91 Å². The standard InChI is InChI=1S/C40H50ClN3O7/c1-7-10-16-32(46)42(6)26(5)35(27-14-12-11-13-15-27)50-39(49)33-31-21-22-40(51-31)34(33)37(47)44(30(24-45)25(4)9-3)36(40)38(48)43(23-8-2)29-19-17-28(41)18-20-29/h7-8,11-15,17-20,25-26,30-31,33-36,45H,1-2,9-10,16,21-24H2,3-6H3/t25-,26+,30-,31+,33-,34-,35-,36+,40-/m0/s1. The van der Waals surface area contributed by atoms with E-state index in [0.717, 1.165) is 0 Å². The van der Waals surface area contributed by atoms with Gasteiger partial charge in [-0.25, -0.2) is 0 Å². The minimum atomic E-state index is -1.32. The highest BCUT2D eigenvalue weighted by molar-refractivity contribution is 6.30. The van der Waals surface area contributed by atoms with Crippen molar-refractivity contribution in [2.75, 3.05) is 25.1 Å². The lowest BCUT2D eigenvalue weighted by Gasteiger charge is -2.40. The maximum absolute atomic E-state index is 14.9. The number of hydrogen-bond donors (Lipinski definition) is 1. The Bertz CT molecular complexity index is 1600. The molecule has 2 aromatic carbocycles. The Morgan fingerprint density at radius 3 is 2.41 bits per heavy atom. The molecule has 0 radical (unpaired) electrons. The fourth-order valence-corrected chi connectivity index (χ4v) is 8.28. The first-order valence-electron chi connectivity index (χ1n) is 17.9. The summed E-state index contributed by atoms with van der Waals surface area (Å²) in [5, 5.41) is 11.2. The number of anilines is 1. The number of allylic oxidation sites excluding steroid dienone is 1. The Balaban J connectivity index is 1.54. The van der Waals surface area contributed by atoms with E-state index in [2.05, 4.69) is 13.2 Å². The van der Waals surface area contributed by atoms with Crippen molar-refractivity contribution < 1.29 is 33.8 Å². The maximum Gasteiger partial charge on any atom is 0.313 e. The van der Waals surface area contributed by atoms with Gasteiger partial charge in [-0.1, -0.05) is 74.4 Å². The molecule has 2 bridgehead atoms. The third-order valence-corrected chi connectivity index (χ3v) is 11.4. The van der Waals surface area contributed by atoms with E-state index in [4.69, 9.17) is 21.1 Å². The molecule has 10 nitrogen and oxygen atoms in total. The van der Waals surface area contributed by atoms with E-state index in [1.54, 1.807) is 53.3 Å². The molecule has 1 spiro atoms. The second-order valence-corrected chi connectivity index (χ2v) is 14.4. The van der Waals surface area contributed by atoms with Crippen LogP contribution in [0.2, 0.25) is 5.02 Å². The summed E-state index contributed by atoms with van der Waals surface area (Å²) in [4.78, 5) is 61.9. The highest BCUT2D eigenvalue weighted by Crippen LogP contribution is 2.60. The second-order valence-electron chi connectivity index (χ2n) is 14.0. The smallest absolute Gasteiger partial charge is 0.313 e. The molecule has 3 heterocycles. The largest absolute Gasteiger partial charge is 0.455 e. The summed E-state index contributed by atoms with van der Waals surface area (Å²) in [5.74, 6) is -3.70. The van der Waals surface area contributed by atoms with Crippen LogP contribution in [-0.4, -0.2) is 88.6 Å². The molecule has 1 N–H and O–H groups in total. The second kappa shape index (κ2) is 16.1. The van der Waals surface area contributed by atoms with Crippen LogP contribution in [-0.2, 0) is 28.7 Å². The lowest BCUT2D eigenvalue weighted by Crippen LogP contribution is -2.60. The lowest BCUT2D eigenvalue weighted by molar-refractivity contribution is -0.165. The molecule has 2 aromatic rings. The molecule has 5 rings (SSSR count). The lowest BCUT2D eigenvalue weighted by atomic mass is 9.70. The molecule has 9 atom stereocenters. The minimum absolute atomic E-state index is 0.116. The van der Waals surface area contributed by atoms with Gasteiger partial charge in [0.15, 0.2) is 0 Å². The number of halogens is 1. The number of rotatable bonds is 16. The summed E-state index contributed by atoms with van der Waals surface area (Å²) in [7, 11) is 1.68. The van der Waals surface area contributed by atoms with Crippen LogP contribution in [0.25, 0.3) is 0 Å². The summed E-state index contributed by atoms with van der Waals surface area (Å²) in [6.07, 6.45) is 4.06. The third kappa shape index (κ3) is 7.10. The summed E-state index contributed by atoms with van der Waals surface area (Å²) in [5.41, 5.74) is -0.0516. The van der Waals surface area contributed by atoms with Gasteiger partial charge in [0.2, 0.25) is 11.8 Å². The molecular weight excluding hydrogens is 670 g/mol. The van der Waals surface area contributed by atoms with Crippen LogP contribution in [0.15, 0.2) is 79.9 Å². The average molecular weight is 720 g/mol. The first-order valence-corrected chi connectivity index (χ1v) is 18.2. The number of likely N-dealkylation sites (N-methyl/N-ethyl adjacent to an activating group) is 1. The van der Waals surface area contributed by atoms with Gasteiger partial charge in [0, 0.05) is 30.7 Å². The monoisotopic (exact) mass is 719 g/mol. The number of fused-ring (bicyclic) bond motifs is 1. The highest BCUT2D eigenvalue weighted by Gasteiger charge is 2.76. The van der Waals surface area contributed by atoms with E-state index in [0.29, 0.717) is 42.0 Å². The Morgan fingerprint density at radius 2 is 1.80 bits per heavy atom. The fraction of sp³-hybridized carbons (Fsp3) is 0.500. The molecule has 0 aromatic heterocycles. The van der Waals surface area contributed by atoms with E-state index < -0.39 is 59.6 Å². The number of amides is 3. The van der Waals surface area contributed by atoms with Crippen molar-refractivity contribution in [1.29, 1.82) is 0 Å². The van der Waals surface area contributed by atoms with Crippen molar-refractivity contribution in [2.45, 2.75) is 88.8 Å². The SMILES string of the molecule is C=CCCC(=O)N(C)[C@H](C)[C@H](OC(=O)[C@@H]1[C@H]2C(=O)N([C@@H](CO)[C@@H](C)CC)[C@H](C(=O)N(CC=C)c3ccc(Cl)cc3)[C@]23CC[C@H]1O3)c1ccccc1. The molecule has 0 aliphatic carbocycles. The number of carbonyl (C=O) groups excluding carboxylic acids is 4. The van der Waals surface area contributed by atoms with Gasteiger partial charge in [0.1, 0.15) is 17.7 Å². The van der Waals surface area contributed by atoms with Crippen molar-refractivity contribution >= 4 is 41.0 Å². The van der Waals surface area contributed by atoms with Crippen molar-refractivity contribution in [3.05, 3.63) is 90.5 Å². The average Bonchev–Trinajstić information content (AvgIpc) is 3.79. The molecule has 3 aliphatic heterocycles. The van der Waals surface area contributed by atoms with Gasteiger partial charge < -0.3 is 29.3 Å². The minimum Gasteiger partial charge on any atom is -0.455 e. The van der Waals surface area contributed by atoms with Crippen LogP contribution in [0.3, 0.4) is 0 Å². The molecule has 3 aliphatic rings. The Labute approximate surface area is 306 Å². The molecule has 3 fully saturated rings. The molecular formula is C40H50ClN3O7. The highest BCUT2D eigenvalue weighted by atomic mass is 35.5. The van der Waals surface area contributed by atoms with Gasteiger partial charge in [-0.15, -0.1) is 13.2 Å². The third-order valence-electron chi connectivity index (χ3n) is 11.2. The number of carbonyl (C=O) groups is 4. The molecule has 0 unspecified atom stereocenters. The van der Waals surface area contributed by atoms with Crippen molar-refractivity contribution in [2.24, 2.45) is 17.8 Å². The number of nitrogens with zero attached hydrogens (tertiary/aromatic N) is 3. The van der Waals surface area contributed by atoms with Crippen molar-refractivity contribution in [3.63, 3.8) is 0 Å². The zero-order valence-corrected chi connectivity index (χ0v) is 30.7. The van der Waals surface area contributed by atoms with Crippen LogP contribution in [0.5, 0.6) is 0 Å². The van der Waals surface area contributed by atoms with Crippen LogP contribution < -0.4 is 4.90 Å². The van der Waals surface area contributed by atoms with Crippen molar-refractivity contribution in [3.8, 4) is 0 Å². The molecule has 0 saturated carbocycles. The number of ether oxygens (including phenoxy) is 2. The number of benzene rings is 2. The van der Waals surface area contributed by atoms with Gasteiger partial charge in [0.05, 0.1) is 36.6 Å². The Morgan fingerprint density at radius 1 is 1.12 bits per heavy atom. The van der Waals surface area contributed by atoms with E-state index in [1.165, 1.54) is 4.90 Å². The van der Waals surface area contributed by atoms with Gasteiger partial charge >= 0.3 is 5.97 Å². The molecule has 51 heavy (non-hydrogen) atoms. The number of hydrogen-bond acceptors (Lipinski definition) is 7. The molecule has 11 heteroatoms. The van der Waals surface area contributed by atoms with Gasteiger partial charge in [-0.3, -0.25) is 19.2 Å². The zero-order chi connectivity index (χ0) is 37.0. The predicted molar refractivity (Wildman–Crippen MR) is 196 cm³/mol. The van der Waals surface area contributed by atoms with Crippen molar-refractivity contribution in [1.82, 2.24) is 9.80 Å². The summed E-state index contributed by atoms with van der Waals surface area (Å²) in [6, 6.07) is 13.7. The van der Waals surface area contributed by atoms with E-state index in [1.807, 2.05) is 51.1 Å². The van der Waals surface area contributed by atoms with Gasteiger partial charge in [-0.05, 0) is 61.9 Å². The predicted octanol–water partition coefficient (Wildman–Crippen LogP) is 5.74. The number of likely N-dealkylation sites (tertiary alicyclic amines) is 1. The number of esters is 1. The van der Waals surface area contributed by atoms with E-state index in [-0.39, 0.29) is 37.3 Å². The van der Waals surface area contributed by atoms with Crippen LogP contribution in [0.1, 0.15) is 64.5 Å². The number of aliphatic hydroxyl groups excluding tert-OH is 1. The summed E-state index contributed by atoms with van der Waals surface area (Å²) < 4.78 is 13.1. The van der Waals surface area contributed by atoms with E-state index in [9.17, 15) is 24.3 Å². The normalized spacial score (nSPS) is 25.8. The molecule has 3 saturated heterocycles. The van der Waals surface area contributed by atoms with Crippen LogP contribution >= 0.6 is 11.6 Å². The summed E-state index contributed by atoms with van der Waals surface area (Å²) >= 11 is 6.18. The van der Waals surface area contributed by atoms with Crippen LogP contribution in [0, 0.1) is 17.8 Å². The van der Waals surface area contributed by atoms with Crippen LogP contribution in [0.4, 0.5) is 5.69 Å². The topological polar surface area (TPSA) is 117 Å². The quantitative estimate of drug-likeness (QED) is 0.174. The van der Waals surface area contributed by atoms with E-state index >= 15 is 0 Å². The Hall–Kier alpha value is -3.99.